The Balaban J connectivity index is 1.97. The molecule has 140 valence electrons. The first-order valence-corrected chi connectivity index (χ1v) is 9.90. The molecule has 0 radical (unpaired) electrons. The minimum atomic E-state index is -0.707. The molecule has 8 heteroatoms. The number of rotatable bonds is 6. The van der Waals surface area contributed by atoms with Gasteiger partial charge in [-0.05, 0) is 31.4 Å². The molecule has 1 aromatic carbocycles. The van der Waals surface area contributed by atoms with Gasteiger partial charge in [0.25, 0.3) is 5.91 Å². The van der Waals surface area contributed by atoms with E-state index in [9.17, 15) is 9.18 Å². The minimum Gasteiger partial charge on any atom is -0.404 e. The smallest absolute Gasteiger partial charge is 0.251 e. The number of benzene rings is 1. The zero-order valence-electron chi connectivity index (χ0n) is 15.0. The summed E-state index contributed by atoms with van der Waals surface area (Å²) in [6.07, 6.45) is 4.62. The molecule has 1 aromatic heterocycles. The number of nitrogens with one attached hydrogen (secondary N) is 1. The highest BCUT2D eigenvalue weighted by Crippen LogP contribution is 2.42. The molecule has 5 N–H and O–H groups in total. The van der Waals surface area contributed by atoms with Crippen molar-refractivity contribution in [2.45, 2.75) is 13.3 Å². The van der Waals surface area contributed by atoms with E-state index in [1.807, 2.05) is 11.8 Å². The molecule has 1 fully saturated rings. The number of H-pyrrole nitrogens is 1. The summed E-state index contributed by atoms with van der Waals surface area (Å²) in [7, 11) is 0. The fourth-order valence-electron chi connectivity index (χ4n) is 3.65. The van der Waals surface area contributed by atoms with Gasteiger partial charge in [-0.3, -0.25) is 4.79 Å². The number of hydrogen-bond donors (Lipinski definition) is 3. The average molecular weight is 377 g/mol. The van der Waals surface area contributed by atoms with Crippen LogP contribution in [-0.4, -0.2) is 52.4 Å². The fourth-order valence-corrected chi connectivity index (χ4v) is 4.09. The van der Waals surface area contributed by atoms with Crippen LogP contribution in [0.15, 0.2) is 18.3 Å². The monoisotopic (exact) mass is 377 g/mol. The van der Waals surface area contributed by atoms with Crippen LogP contribution < -0.4 is 11.5 Å². The number of fused-ring (bicyclic) bond motifs is 1. The van der Waals surface area contributed by atoms with Gasteiger partial charge in [0, 0.05) is 36.0 Å². The van der Waals surface area contributed by atoms with Gasteiger partial charge in [0.2, 0.25) is 0 Å². The Kier molecular flexibility index (Phi) is 5.24. The molecule has 1 saturated heterocycles. The Labute approximate surface area is 156 Å². The molecule has 0 bridgehead atoms. The predicted octanol–water partition coefficient (Wildman–Crippen LogP) is 2.18. The Bertz CT molecular complexity index is 865. The number of hydrogen-bond acceptors (Lipinski definition) is 5. The van der Waals surface area contributed by atoms with Crippen molar-refractivity contribution in [2.75, 3.05) is 31.6 Å². The molecule has 1 aliphatic rings. The Morgan fingerprint density at radius 1 is 1.54 bits per heavy atom. The van der Waals surface area contributed by atoms with Crippen LogP contribution in [0.1, 0.15) is 29.5 Å². The van der Waals surface area contributed by atoms with E-state index in [1.165, 1.54) is 6.07 Å². The van der Waals surface area contributed by atoms with Crippen LogP contribution in [0.2, 0.25) is 0 Å². The number of imidazole rings is 1. The number of thioether (sulfide) groups is 1. The summed E-state index contributed by atoms with van der Waals surface area (Å²) in [5.74, 6) is 0.407. The molecule has 2 heterocycles. The van der Waals surface area contributed by atoms with Gasteiger partial charge >= 0.3 is 0 Å². The standard InChI is InChI=1S/C18H24FN5OS/c1-18(3-4-24(10-18)5-6-26-2)13(9-20)17-22-14-8-11(19)7-12(16(21)25)15(14)23-17/h7-9H,3-6,10,20H2,1-2H3,(H2,21,25)(H,22,23). The number of amides is 1. The molecular formula is C18H24FN5OS. The maximum Gasteiger partial charge on any atom is 0.251 e. The van der Waals surface area contributed by atoms with E-state index in [1.54, 1.807) is 6.20 Å². The summed E-state index contributed by atoms with van der Waals surface area (Å²) < 4.78 is 13.8. The summed E-state index contributed by atoms with van der Waals surface area (Å²) in [5, 5.41) is 0. The molecular weight excluding hydrogens is 353 g/mol. The molecule has 0 saturated carbocycles. The largest absolute Gasteiger partial charge is 0.404 e. The van der Waals surface area contributed by atoms with Crippen molar-refractivity contribution in [3.63, 3.8) is 0 Å². The Morgan fingerprint density at radius 3 is 2.96 bits per heavy atom. The van der Waals surface area contributed by atoms with Crippen molar-refractivity contribution in [2.24, 2.45) is 16.9 Å². The van der Waals surface area contributed by atoms with E-state index in [0.29, 0.717) is 16.9 Å². The van der Waals surface area contributed by atoms with Gasteiger partial charge in [-0.25, -0.2) is 9.37 Å². The van der Waals surface area contributed by atoms with Crippen LogP contribution in [0.4, 0.5) is 4.39 Å². The maximum absolute atomic E-state index is 13.8. The van der Waals surface area contributed by atoms with Crippen molar-refractivity contribution in [1.29, 1.82) is 0 Å². The number of carbonyl (C=O) groups is 1. The molecule has 26 heavy (non-hydrogen) atoms. The van der Waals surface area contributed by atoms with Gasteiger partial charge in [0.1, 0.15) is 17.2 Å². The lowest BCUT2D eigenvalue weighted by molar-refractivity contribution is 0.100. The maximum atomic E-state index is 13.8. The molecule has 1 amide bonds. The van der Waals surface area contributed by atoms with Crippen molar-refractivity contribution < 1.29 is 9.18 Å². The lowest BCUT2D eigenvalue weighted by Gasteiger charge is -2.26. The van der Waals surface area contributed by atoms with Crippen LogP contribution in [0.5, 0.6) is 0 Å². The molecule has 0 aliphatic carbocycles. The number of nitrogens with two attached hydrogens (primary N) is 2. The molecule has 0 spiro atoms. The van der Waals surface area contributed by atoms with E-state index in [0.717, 1.165) is 43.4 Å². The lowest BCUT2D eigenvalue weighted by atomic mass is 9.81. The number of aromatic nitrogens is 2. The average Bonchev–Trinajstić information content (AvgIpc) is 3.16. The topological polar surface area (TPSA) is 101 Å². The second-order valence-electron chi connectivity index (χ2n) is 6.96. The van der Waals surface area contributed by atoms with Crippen LogP contribution in [0.3, 0.4) is 0 Å². The van der Waals surface area contributed by atoms with Crippen molar-refractivity contribution >= 4 is 34.3 Å². The minimum absolute atomic E-state index is 0.0667. The summed E-state index contributed by atoms with van der Waals surface area (Å²) in [6, 6.07) is 2.43. The summed E-state index contributed by atoms with van der Waals surface area (Å²) in [4.78, 5) is 21.7. The highest BCUT2D eigenvalue weighted by atomic mass is 32.2. The highest BCUT2D eigenvalue weighted by molar-refractivity contribution is 7.98. The summed E-state index contributed by atoms with van der Waals surface area (Å²) in [6.45, 7) is 5.07. The lowest BCUT2D eigenvalue weighted by Crippen LogP contribution is -2.28. The highest BCUT2D eigenvalue weighted by Gasteiger charge is 2.38. The molecule has 1 atom stereocenters. The number of aromatic amines is 1. The zero-order valence-corrected chi connectivity index (χ0v) is 15.8. The van der Waals surface area contributed by atoms with E-state index in [2.05, 4.69) is 28.0 Å². The van der Waals surface area contributed by atoms with E-state index in [4.69, 9.17) is 11.5 Å². The molecule has 2 aromatic rings. The van der Waals surface area contributed by atoms with Crippen LogP contribution in [-0.2, 0) is 0 Å². The van der Waals surface area contributed by atoms with E-state index < -0.39 is 11.7 Å². The van der Waals surface area contributed by atoms with Crippen molar-refractivity contribution in [3.05, 3.63) is 35.5 Å². The zero-order chi connectivity index (χ0) is 18.9. The van der Waals surface area contributed by atoms with Crippen LogP contribution >= 0.6 is 11.8 Å². The second kappa shape index (κ2) is 7.28. The van der Waals surface area contributed by atoms with Gasteiger partial charge in [0.05, 0.1) is 11.1 Å². The fraction of sp³-hybridized carbons (Fsp3) is 0.444. The number of primary amides is 1. The molecule has 1 aliphatic heterocycles. The summed E-state index contributed by atoms with van der Waals surface area (Å²) >= 11 is 1.83. The van der Waals surface area contributed by atoms with Gasteiger partial charge < -0.3 is 21.4 Å². The molecule has 6 nitrogen and oxygen atoms in total. The Hall–Kier alpha value is -2.06. The number of likely N-dealkylation sites (tertiary alicyclic amines) is 1. The quantitative estimate of drug-likeness (QED) is 0.716. The number of halogens is 1. The first kappa shape index (κ1) is 18.7. The third-order valence-electron chi connectivity index (χ3n) is 5.05. The van der Waals surface area contributed by atoms with Crippen molar-refractivity contribution in [3.8, 4) is 0 Å². The van der Waals surface area contributed by atoms with Gasteiger partial charge in [-0.1, -0.05) is 6.92 Å². The van der Waals surface area contributed by atoms with Gasteiger partial charge in [0.15, 0.2) is 0 Å². The van der Waals surface area contributed by atoms with E-state index in [-0.39, 0.29) is 11.0 Å². The predicted molar refractivity (Wildman–Crippen MR) is 104 cm³/mol. The van der Waals surface area contributed by atoms with Crippen LogP contribution in [0.25, 0.3) is 16.6 Å². The first-order chi connectivity index (χ1) is 12.4. The number of nitrogens with zero attached hydrogens (tertiary/aromatic N) is 2. The second-order valence-corrected chi connectivity index (χ2v) is 7.94. The number of carbonyl (C=O) groups excluding carboxylic acids is 1. The van der Waals surface area contributed by atoms with Gasteiger partial charge in [-0.2, -0.15) is 11.8 Å². The molecule has 1 unspecified atom stereocenters. The SMILES string of the molecule is CSCCN1CCC(C)(C(=CN)c2nc3c(C(N)=O)cc(F)cc3[nH]2)C1. The first-order valence-electron chi connectivity index (χ1n) is 8.51. The van der Waals surface area contributed by atoms with Gasteiger partial charge in [-0.15, -0.1) is 0 Å². The third kappa shape index (κ3) is 3.43. The Morgan fingerprint density at radius 2 is 2.31 bits per heavy atom. The van der Waals surface area contributed by atoms with Crippen LogP contribution in [0, 0.1) is 11.2 Å². The normalized spacial score (nSPS) is 21.6. The summed E-state index contributed by atoms with van der Waals surface area (Å²) in [5.41, 5.74) is 12.9. The molecule has 3 rings (SSSR count). The van der Waals surface area contributed by atoms with E-state index >= 15 is 0 Å². The third-order valence-corrected chi connectivity index (χ3v) is 5.64. The van der Waals surface area contributed by atoms with Crippen molar-refractivity contribution in [1.82, 2.24) is 14.9 Å².